The van der Waals surface area contributed by atoms with Gasteiger partial charge in [-0.3, -0.25) is 0 Å². The van der Waals surface area contributed by atoms with E-state index in [2.05, 4.69) is 42.3 Å². The van der Waals surface area contributed by atoms with Gasteiger partial charge in [0.25, 0.3) is 0 Å². The van der Waals surface area contributed by atoms with Crippen molar-refractivity contribution in [2.75, 3.05) is 5.73 Å². The minimum Gasteiger partial charge on any atom is -0.384 e. The molecular formula is C20H24Cl2FN3. The number of nitrogens with two attached hydrogens (primary N) is 1. The van der Waals surface area contributed by atoms with E-state index in [0.29, 0.717) is 5.82 Å². The maximum absolute atomic E-state index is 13.5. The molecule has 2 atom stereocenters. The summed E-state index contributed by atoms with van der Waals surface area (Å²) in [6, 6.07) is 17.0. The normalized spacial score (nSPS) is 12.7. The van der Waals surface area contributed by atoms with E-state index in [0.717, 1.165) is 28.5 Å². The predicted octanol–water partition coefficient (Wildman–Crippen LogP) is 5.60. The molecule has 6 heteroatoms. The number of nitrogen functional groups attached to an aromatic ring is 1. The van der Waals surface area contributed by atoms with Crippen LogP contribution < -0.4 is 11.1 Å². The van der Waals surface area contributed by atoms with Gasteiger partial charge >= 0.3 is 0 Å². The molecule has 0 spiro atoms. The number of hydrogen-bond acceptors (Lipinski definition) is 3. The summed E-state index contributed by atoms with van der Waals surface area (Å²) in [4.78, 5) is 4.39. The highest BCUT2D eigenvalue weighted by atomic mass is 35.5. The van der Waals surface area contributed by atoms with Crippen LogP contribution in [0.1, 0.15) is 43.5 Å². The number of nitrogens with one attached hydrogen (secondary N) is 1. The van der Waals surface area contributed by atoms with Gasteiger partial charge in [0.1, 0.15) is 11.6 Å². The van der Waals surface area contributed by atoms with Crippen LogP contribution in [0.15, 0.2) is 54.6 Å². The summed E-state index contributed by atoms with van der Waals surface area (Å²) in [5, 5.41) is 4.65. The molecular weight excluding hydrogens is 372 g/mol. The van der Waals surface area contributed by atoms with Gasteiger partial charge in [-0.05, 0) is 54.8 Å². The average Bonchev–Trinajstić information content (AvgIpc) is 2.58. The highest BCUT2D eigenvalue weighted by Crippen LogP contribution is 2.25. The summed E-state index contributed by atoms with van der Waals surface area (Å²) < 4.78 is 13.5. The van der Waals surface area contributed by atoms with Crippen molar-refractivity contribution in [3.8, 4) is 0 Å². The van der Waals surface area contributed by atoms with Gasteiger partial charge in [-0.2, -0.15) is 0 Å². The van der Waals surface area contributed by atoms with Gasteiger partial charge in [0.2, 0.25) is 0 Å². The second-order valence-corrected chi connectivity index (χ2v) is 6.09. The van der Waals surface area contributed by atoms with Crippen LogP contribution in [0, 0.1) is 5.82 Å². The summed E-state index contributed by atoms with van der Waals surface area (Å²) in [5.74, 6) is 0.317. The molecule has 0 aliphatic rings. The molecule has 3 nitrogen and oxygen atoms in total. The molecule has 1 heterocycles. The largest absolute Gasteiger partial charge is 0.384 e. The van der Waals surface area contributed by atoms with Gasteiger partial charge in [0.05, 0.1) is 5.52 Å². The number of hydrogen-bond donors (Lipinski definition) is 2. The standard InChI is InChI=1S/C20H22FN3.2ClH/c1-3-18(16-5-4-6-17(21)11-16)23-13(2)15-8-7-14-9-10-20(22)24-19(14)12-15;;/h4-13,18,23H,3H2,1-2H3,(H2,22,24);2*1H. The third-order valence-electron chi connectivity index (χ3n) is 4.35. The Morgan fingerprint density at radius 1 is 1.04 bits per heavy atom. The van der Waals surface area contributed by atoms with Gasteiger partial charge in [0, 0.05) is 17.5 Å². The number of nitrogens with zero attached hydrogens (tertiary/aromatic N) is 1. The van der Waals surface area contributed by atoms with E-state index in [9.17, 15) is 4.39 Å². The smallest absolute Gasteiger partial charge is 0.124 e. The zero-order chi connectivity index (χ0) is 17.1. The molecule has 3 aromatic rings. The molecule has 2 unspecified atom stereocenters. The zero-order valence-corrected chi connectivity index (χ0v) is 16.4. The molecule has 0 bridgehead atoms. The number of benzene rings is 2. The highest BCUT2D eigenvalue weighted by Gasteiger charge is 2.15. The fourth-order valence-electron chi connectivity index (χ4n) is 2.99. The van der Waals surface area contributed by atoms with Crippen LogP contribution in [0.4, 0.5) is 10.2 Å². The Kier molecular flexibility index (Phi) is 8.28. The van der Waals surface area contributed by atoms with Gasteiger partial charge in [-0.15, -0.1) is 24.8 Å². The fourth-order valence-corrected chi connectivity index (χ4v) is 2.99. The molecule has 0 amide bonds. The van der Waals surface area contributed by atoms with Crippen LogP contribution in [-0.4, -0.2) is 4.98 Å². The quantitative estimate of drug-likeness (QED) is 0.590. The van der Waals surface area contributed by atoms with Crippen molar-refractivity contribution in [2.24, 2.45) is 0 Å². The number of anilines is 1. The molecule has 0 aliphatic heterocycles. The Morgan fingerprint density at radius 2 is 1.77 bits per heavy atom. The first-order valence-corrected chi connectivity index (χ1v) is 8.24. The molecule has 140 valence electrons. The Hall–Kier alpha value is -1.88. The van der Waals surface area contributed by atoms with Crippen LogP contribution in [0.3, 0.4) is 0 Å². The number of halogens is 3. The monoisotopic (exact) mass is 395 g/mol. The summed E-state index contributed by atoms with van der Waals surface area (Å²) in [6.45, 7) is 4.20. The van der Waals surface area contributed by atoms with Crippen molar-refractivity contribution in [1.82, 2.24) is 10.3 Å². The minimum atomic E-state index is -0.203. The van der Waals surface area contributed by atoms with E-state index >= 15 is 0 Å². The molecule has 3 rings (SSSR count). The predicted molar refractivity (Wildman–Crippen MR) is 112 cm³/mol. The van der Waals surface area contributed by atoms with Crippen LogP contribution in [0.25, 0.3) is 10.9 Å². The zero-order valence-electron chi connectivity index (χ0n) is 14.8. The topological polar surface area (TPSA) is 50.9 Å². The van der Waals surface area contributed by atoms with Gasteiger partial charge in [0.15, 0.2) is 0 Å². The van der Waals surface area contributed by atoms with Gasteiger partial charge < -0.3 is 11.1 Å². The summed E-state index contributed by atoms with van der Waals surface area (Å²) >= 11 is 0. The average molecular weight is 396 g/mol. The molecule has 0 fully saturated rings. The molecule has 0 saturated heterocycles. The first-order valence-electron chi connectivity index (χ1n) is 8.24. The lowest BCUT2D eigenvalue weighted by atomic mass is 10.0. The van der Waals surface area contributed by atoms with Crippen LogP contribution in [0.2, 0.25) is 0 Å². The number of pyridine rings is 1. The lowest BCUT2D eigenvalue weighted by Crippen LogP contribution is -2.24. The second kappa shape index (κ2) is 9.72. The van der Waals surface area contributed by atoms with Crippen molar-refractivity contribution in [3.63, 3.8) is 0 Å². The summed E-state index contributed by atoms with van der Waals surface area (Å²) in [6.07, 6.45) is 0.882. The van der Waals surface area contributed by atoms with E-state index in [4.69, 9.17) is 5.73 Å². The Bertz CT molecular complexity index is 857. The van der Waals surface area contributed by atoms with Crippen molar-refractivity contribution >= 4 is 41.5 Å². The van der Waals surface area contributed by atoms with E-state index in [1.165, 1.54) is 6.07 Å². The van der Waals surface area contributed by atoms with Gasteiger partial charge in [-0.1, -0.05) is 31.2 Å². The third kappa shape index (κ3) is 5.07. The number of rotatable bonds is 5. The lowest BCUT2D eigenvalue weighted by Gasteiger charge is -2.23. The first-order chi connectivity index (χ1) is 11.6. The van der Waals surface area contributed by atoms with E-state index in [1.54, 1.807) is 18.2 Å². The molecule has 0 saturated carbocycles. The second-order valence-electron chi connectivity index (χ2n) is 6.09. The van der Waals surface area contributed by atoms with Crippen molar-refractivity contribution in [2.45, 2.75) is 32.4 Å². The lowest BCUT2D eigenvalue weighted by molar-refractivity contribution is 0.454. The van der Waals surface area contributed by atoms with Crippen LogP contribution >= 0.6 is 24.8 Å². The molecule has 2 aromatic carbocycles. The van der Waals surface area contributed by atoms with E-state index < -0.39 is 0 Å². The molecule has 3 N–H and O–H groups in total. The maximum atomic E-state index is 13.5. The molecule has 0 radical (unpaired) electrons. The van der Waals surface area contributed by atoms with Crippen molar-refractivity contribution in [1.29, 1.82) is 0 Å². The van der Waals surface area contributed by atoms with Crippen molar-refractivity contribution < 1.29 is 4.39 Å². The number of fused-ring (bicyclic) bond motifs is 1. The third-order valence-corrected chi connectivity index (χ3v) is 4.35. The molecule has 1 aromatic heterocycles. The number of aromatic nitrogens is 1. The minimum absolute atomic E-state index is 0. The highest BCUT2D eigenvalue weighted by molar-refractivity contribution is 5.85. The summed E-state index contributed by atoms with van der Waals surface area (Å²) in [5.41, 5.74) is 8.77. The molecule has 0 aliphatic carbocycles. The Morgan fingerprint density at radius 3 is 2.46 bits per heavy atom. The SMILES string of the molecule is CCC(NC(C)c1ccc2ccc(N)nc2c1)c1cccc(F)c1.Cl.Cl. The summed E-state index contributed by atoms with van der Waals surface area (Å²) in [7, 11) is 0. The first kappa shape index (κ1) is 22.2. The molecule has 26 heavy (non-hydrogen) atoms. The van der Waals surface area contributed by atoms with E-state index in [-0.39, 0.29) is 42.7 Å². The van der Waals surface area contributed by atoms with Gasteiger partial charge in [-0.25, -0.2) is 9.37 Å². The van der Waals surface area contributed by atoms with Crippen LogP contribution in [-0.2, 0) is 0 Å². The van der Waals surface area contributed by atoms with Crippen LogP contribution in [0.5, 0.6) is 0 Å². The Balaban J connectivity index is 0.00000169. The van der Waals surface area contributed by atoms with Crippen molar-refractivity contribution in [3.05, 3.63) is 71.5 Å². The van der Waals surface area contributed by atoms with E-state index in [1.807, 2.05) is 12.1 Å². The fraction of sp³-hybridized carbons (Fsp3) is 0.250. The Labute approximate surface area is 166 Å². The maximum Gasteiger partial charge on any atom is 0.124 e.